The van der Waals surface area contributed by atoms with Gasteiger partial charge in [-0.25, -0.2) is 0 Å². The molecule has 1 aliphatic rings. The van der Waals surface area contributed by atoms with E-state index in [1.54, 1.807) is 7.11 Å². The number of ether oxygens (including phenoxy) is 1. The number of rotatable bonds is 2. The summed E-state index contributed by atoms with van der Waals surface area (Å²) in [5.41, 5.74) is 7.34. The zero-order chi connectivity index (χ0) is 10.7. The zero-order valence-electron chi connectivity index (χ0n) is 9.07. The number of hydrogen-bond donors (Lipinski definition) is 2. The Kier molecular flexibility index (Phi) is 3.23. The number of piperidine rings is 1. The monoisotopic (exact) mass is 206 g/mol. The second-order valence-electron chi connectivity index (χ2n) is 4.01. The Balaban J connectivity index is 2.13. The van der Waals surface area contributed by atoms with Crippen LogP contribution in [-0.4, -0.2) is 19.7 Å². The van der Waals surface area contributed by atoms with Crippen molar-refractivity contribution in [1.29, 1.82) is 0 Å². The average molecular weight is 206 g/mol. The summed E-state index contributed by atoms with van der Waals surface area (Å²) < 4.78 is 5.13. The molecule has 1 aromatic carbocycles. The summed E-state index contributed by atoms with van der Waals surface area (Å²) in [6, 6.07) is 8.66. The second-order valence-corrected chi connectivity index (χ2v) is 4.01. The number of nitrogens with two attached hydrogens (primary N) is 1. The van der Waals surface area contributed by atoms with Gasteiger partial charge in [-0.3, -0.25) is 0 Å². The summed E-state index contributed by atoms with van der Waals surface area (Å²) in [6.45, 7) is 1.06. The summed E-state index contributed by atoms with van der Waals surface area (Å²) in [5, 5.41) is 3.46. The number of benzene rings is 1. The topological polar surface area (TPSA) is 47.3 Å². The fraction of sp³-hybridized carbons (Fsp3) is 0.500. The Labute approximate surface area is 90.6 Å². The van der Waals surface area contributed by atoms with Crippen LogP contribution >= 0.6 is 0 Å². The average Bonchev–Trinajstić information content (AvgIpc) is 2.30. The van der Waals surface area contributed by atoms with Crippen molar-refractivity contribution < 1.29 is 4.74 Å². The molecule has 82 valence electrons. The van der Waals surface area contributed by atoms with E-state index in [1.807, 2.05) is 12.1 Å². The Morgan fingerprint density at radius 1 is 1.33 bits per heavy atom. The Bertz CT molecular complexity index is 310. The molecule has 2 atom stereocenters. The molecule has 2 rings (SSSR count). The van der Waals surface area contributed by atoms with Crippen molar-refractivity contribution in [3.8, 4) is 5.75 Å². The van der Waals surface area contributed by atoms with Gasteiger partial charge < -0.3 is 15.8 Å². The molecule has 0 radical (unpaired) electrons. The third-order valence-electron chi connectivity index (χ3n) is 2.98. The minimum absolute atomic E-state index is 0.229. The molecule has 2 unspecified atom stereocenters. The van der Waals surface area contributed by atoms with Gasteiger partial charge >= 0.3 is 0 Å². The molecule has 0 aromatic heterocycles. The molecule has 3 heteroatoms. The van der Waals surface area contributed by atoms with Gasteiger partial charge in [-0.2, -0.15) is 0 Å². The Hall–Kier alpha value is -1.06. The van der Waals surface area contributed by atoms with Crippen molar-refractivity contribution in [2.45, 2.75) is 24.9 Å². The largest absolute Gasteiger partial charge is 0.497 e. The summed E-state index contributed by atoms with van der Waals surface area (Å²) in [6.07, 6.45) is 2.28. The minimum Gasteiger partial charge on any atom is -0.497 e. The molecule has 1 aromatic rings. The lowest BCUT2D eigenvalue weighted by Gasteiger charge is -2.30. The standard InChI is InChI=1S/C12H18N2O/c1-15-10-6-4-9(5-7-10)12-11(13)3-2-8-14-12/h4-7,11-12,14H,2-3,8,13H2,1H3. The third kappa shape index (κ3) is 2.30. The van der Waals surface area contributed by atoms with Gasteiger partial charge in [0.05, 0.1) is 7.11 Å². The third-order valence-corrected chi connectivity index (χ3v) is 2.98. The lowest BCUT2D eigenvalue weighted by Crippen LogP contribution is -2.42. The molecule has 0 amide bonds. The van der Waals surface area contributed by atoms with E-state index in [0.717, 1.165) is 18.7 Å². The van der Waals surface area contributed by atoms with Gasteiger partial charge in [-0.1, -0.05) is 12.1 Å². The maximum atomic E-state index is 6.09. The predicted molar refractivity (Wildman–Crippen MR) is 60.9 cm³/mol. The van der Waals surface area contributed by atoms with Crippen LogP contribution in [0.25, 0.3) is 0 Å². The summed E-state index contributed by atoms with van der Waals surface area (Å²) in [5.74, 6) is 0.892. The maximum Gasteiger partial charge on any atom is 0.118 e. The molecule has 15 heavy (non-hydrogen) atoms. The first-order valence-electron chi connectivity index (χ1n) is 5.44. The van der Waals surface area contributed by atoms with Crippen LogP contribution in [0.15, 0.2) is 24.3 Å². The smallest absolute Gasteiger partial charge is 0.118 e. The molecular weight excluding hydrogens is 188 g/mol. The molecule has 1 fully saturated rings. The van der Waals surface area contributed by atoms with Crippen LogP contribution < -0.4 is 15.8 Å². The molecular formula is C12H18N2O. The zero-order valence-corrected chi connectivity index (χ0v) is 9.07. The summed E-state index contributed by atoms with van der Waals surface area (Å²) >= 11 is 0. The number of methoxy groups -OCH3 is 1. The van der Waals surface area contributed by atoms with Gasteiger partial charge in [-0.05, 0) is 37.1 Å². The van der Waals surface area contributed by atoms with Crippen molar-refractivity contribution in [3.05, 3.63) is 29.8 Å². The van der Waals surface area contributed by atoms with Crippen LogP contribution in [0.1, 0.15) is 24.4 Å². The lowest BCUT2D eigenvalue weighted by molar-refractivity contribution is 0.357. The quantitative estimate of drug-likeness (QED) is 0.770. The van der Waals surface area contributed by atoms with E-state index in [4.69, 9.17) is 10.5 Å². The molecule has 0 bridgehead atoms. The molecule has 0 aliphatic carbocycles. The van der Waals surface area contributed by atoms with Crippen molar-refractivity contribution in [2.75, 3.05) is 13.7 Å². The minimum atomic E-state index is 0.229. The van der Waals surface area contributed by atoms with Gasteiger partial charge in [0.2, 0.25) is 0 Å². The van der Waals surface area contributed by atoms with Crippen LogP contribution in [-0.2, 0) is 0 Å². The van der Waals surface area contributed by atoms with E-state index in [2.05, 4.69) is 17.4 Å². The summed E-state index contributed by atoms with van der Waals surface area (Å²) in [7, 11) is 1.68. The van der Waals surface area contributed by atoms with Crippen molar-refractivity contribution in [3.63, 3.8) is 0 Å². The highest BCUT2D eigenvalue weighted by Gasteiger charge is 2.22. The number of hydrogen-bond acceptors (Lipinski definition) is 3. The van der Waals surface area contributed by atoms with Gasteiger partial charge in [0, 0.05) is 12.1 Å². The van der Waals surface area contributed by atoms with Crippen LogP contribution in [0, 0.1) is 0 Å². The van der Waals surface area contributed by atoms with E-state index in [9.17, 15) is 0 Å². The molecule has 0 spiro atoms. The van der Waals surface area contributed by atoms with E-state index >= 15 is 0 Å². The summed E-state index contributed by atoms with van der Waals surface area (Å²) in [4.78, 5) is 0. The van der Waals surface area contributed by atoms with Crippen LogP contribution in [0.2, 0.25) is 0 Å². The molecule has 1 saturated heterocycles. The van der Waals surface area contributed by atoms with Gasteiger partial charge in [0.15, 0.2) is 0 Å². The Morgan fingerprint density at radius 2 is 2.07 bits per heavy atom. The van der Waals surface area contributed by atoms with Gasteiger partial charge in [0.1, 0.15) is 5.75 Å². The van der Waals surface area contributed by atoms with Crippen molar-refractivity contribution in [1.82, 2.24) is 5.32 Å². The van der Waals surface area contributed by atoms with E-state index < -0.39 is 0 Å². The molecule has 1 heterocycles. The van der Waals surface area contributed by atoms with E-state index in [0.29, 0.717) is 6.04 Å². The van der Waals surface area contributed by atoms with Crippen LogP contribution in [0.4, 0.5) is 0 Å². The lowest BCUT2D eigenvalue weighted by atomic mass is 9.93. The first kappa shape index (κ1) is 10.5. The highest BCUT2D eigenvalue weighted by Crippen LogP contribution is 2.23. The Morgan fingerprint density at radius 3 is 2.67 bits per heavy atom. The molecule has 0 saturated carbocycles. The van der Waals surface area contributed by atoms with Crippen LogP contribution in [0.3, 0.4) is 0 Å². The fourth-order valence-electron chi connectivity index (χ4n) is 2.09. The fourth-order valence-corrected chi connectivity index (χ4v) is 2.09. The maximum absolute atomic E-state index is 6.09. The SMILES string of the molecule is COc1ccc(C2NCCCC2N)cc1. The number of nitrogens with one attached hydrogen (secondary N) is 1. The van der Waals surface area contributed by atoms with E-state index in [1.165, 1.54) is 12.0 Å². The highest BCUT2D eigenvalue weighted by atomic mass is 16.5. The van der Waals surface area contributed by atoms with Crippen molar-refractivity contribution >= 4 is 0 Å². The van der Waals surface area contributed by atoms with Crippen LogP contribution in [0.5, 0.6) is 5.75 Å². The normalized spacial score (nSPS) is 26.3. The predicted octanol–water partition coefficient (Wildman–Crippen LogP) is 1.45. The van der Waals surface area contributed by atoms with Gasteiger partial charge in [-0.15, -0.1) is 0 Å². The molecule has 3 N–H and O–H groups in total. The van der Waals surface area contributed by atoms with Crippen molar-refractivity contribution in [2.24, 2.45) is 5.73 Å². The first-order valence-corrected chi connectivity index (χ1v) is 5.44. The van der Waals surface area contributed by atoms with E-state index in [-0.39, 0.29) is 6.04 Å². The first-order chi connectivity index (χ1) is 7.31. The molecule has 1 aliphatic heterocycles. The second kappa shape index (κ2) is 4.64. The highest BCUT2D eigenvalue weighted by molar-refractivity contribution is 5.30. The molecule has 3 nitrogen and oxygen atoms in total. The van der Waals surface area contributed by atoms with Gasteiger partial charge in [0.25, 0.3) is 0 Å².